The minimum atomic E-state index is -4.18. The lowest BCUT2D eigenvalue weighted by molar-refractivity contribution is -0.143. The number of hydrogen-bond donors (Lipinski definition) is 2. The van der Waals surface area contributed by atoms with Crippen LogP contribution in [-0.4, -0.2) is 47.7 Å². The van der Waals surface area contributed by atoms with Gasteiger partial charge in [-0.2, -0.15) is 8.42 Å². The first-order valence-electron chi connectivity index (χ1n) is 6.34. The van der Waals surface area contributed by atoms with Crippen molar-refractivity contribution in [1.29, 1.82) is 0 Å². The Morgan fingerprint density at radius 3 is 2.22 bits per heavy atom. The predicted molar refractivity (Wildman–Crippen MR) is 85.2 cm³/mol. The molecule has 0 spiro atoms. The van der Waals surface area contributed by atoms with E-state index in [1.165, 1.54) is 44.6 Å². The van der Waals surface area contributed by atoms with Gasteiger partial charge in [-0.15, -0.1) is 3.77 Å². The third-order valence-electron chi connectivity index (χ3n) is 2.63. The van der Waals surface area contributed by atoms with E-state index < -0.39 is 37.2 Å². The first-order valence-corrected chi connectivity index (χ1v) is 10.1. The van der Waals surface area contributed by atoms with Gasteiger partial charge in [0.1, 0.15) is 5.54 Å². The van der Waals surface area contributed by atoms with E-state index in [0.29, 0.717) is 0 Å². The van der Waals surface area contributed by atoms with Gasteiger partial charge in [-0.1, -0.05) is 6.07 Å². The van der Waals surface area contributed by atoms with Gasteiger partial charge in [-0.05, 0) is 32.0 Å². The summed E-state index contributed by atoms with van der Waals surface area (Å²) in [6.45, 7) is 2.60. The van der Waals surface area contributed by atoms with E-state index in [1.807, 2.05) is 0 Å². The highest BCUT2D eigenvalue weighted by Crippen LogP contribution is 2.16. The molecule has 1 aromatic carbocycles. The molecule has 8 nitrogen and oxygen atoms in total. The number of sulfonamides is 1. The fourth-order valence-corrected chi connectivity index (χ4v) is 4.25. The molecule has 1 rings (SSSR count). The van der Waals surface area contributed by atoms with Crippen molar-refractivity contribution >= 4 is 31.6 Å². The molecule has 1 aromatic rings. The molecule has 10 heteroatoms. The van der Waals surface area contributed by atoms with Crippen molar-refractivity contribution < 1.29 is 27.3 Å². The van der Waals surface area contributed by atoms with Crippen molar-refractivity contribution in [2.45, 2.75) is 24.3 Å². The number of carbonyl (C=O) groups is 2. The Kier molecular flexibility index (Phi) is 5.22. The molecule has 0 bridgehead atoms. The van der Waals surface area contributed by atoms with E-state index in [1.54, 1.807) is 0 Å². The van der Waals surface area contributed by atoms with Crippen molar-refractivity contribution in [3.8, 4) is 0 Å². The summed E-state index contributed by atoms with van der Waals surface area (Å²) < 4.78 is 38.9. The Bertz CT molecular complexity index is 856. The largest absolute Gasteiger partial charge is 0.480 e. The molecule has 0 radical (unpaired) electrons. The highest BCUT2D eigenvalue weighted by Gasteiger charge is 2.29. The van der Waals surface area contributed by atoms with Gasteiger partial charge in [-0.25, -0.2) is 9.00 Å². The van der Waals surface area contributed by atoms with E-state index in [0.717, 1.165) is 6.07 Å². The molecule has 128 valence electrons. The predicted octanol–water partition coefficient (Wildman–Crippen LogP) is 0.696. The van der Waals surface area contributed by atoms with Gasteiger partial charge >= 0.3 is 5.97 Å². The highest BCUT2D eigenvalue weighted by molar-refractivity contribution is 8.02. The maximum absolute atomic E-state index is 12.1. The maximum atomic E-state index is 12.1. The first-order chi connectivity index (χ1) is 10.2. The van der Waals surface area contributed by atoms with Crippen LogP contribution in [0.4, 0.5) is 0 Å². The highest BCUT2D eigenvalue weighted by atomic mass is 32.3. The van der Waals surface area contributed by atoms with E-state index in [-0.39, 0.29) is 10.5 Å². The summed E-state index contributed by atoms with van der Waals surface area (Å²) in [6, 6.07) is 4.92. The van der Waals surface area contributed by atoms with E-state index >= 15 is 0 Å². The van der Waals surface area contributed by atoms with Crippen LogP contribution in [-0.2, 0) is 24.5 Å². The average Bonchev–Trinajstić information content (AvgIpc) is 2.35. The Hall–Kier alpha value is -1.94. The molecular formula is C13H18N2O6S2. The summed E-state index contributed by atoms with van der Waals surface area (Å²) in [7, 11) is -7.08. The Morgan fingerprint density at radius 2 is 1.74 bits per heavy atom. The van der Waals surface area contributed by atoms with Crippen molar-refractivity contribution in [1.82, 2.24) is 5.32 Å². The summed E-state index contributed by atoms with van der Waals surface area (Å²) in [5.74, 6) is -1.98. The van der Waals surface area contributed by atoms with Crippen molar-refractivity contribution in [2.24, 2.45) is 3.77 Å². The molecule has 0 aliphatic carbocycles. The number of hydrogen-bond acceptors (Lipinski definition) is 5. The fourth-order valence-electron chi connectivity index (χ4n) is 1.49. The molecule has 0 aromatic heterocycles. The molecule has 0 aliphatic rings. The Balaban J connectivity index is 3.24. The second-order valence-corrected chi connectivity index (χ2v) is 10.0. The zero-order valence-corrected chi connectivity index (χ0v) is 14.7. The van der Waals surface area contributed by atoms with Crippen molar-refractivity contribution in [3.05, 3.63) is 29.8 Å². The molecule has 0 atom stereocenters. The summed E-state index contributed by atoms with van der Waals surface area (Å²) in [5.41, 5.74) is -1.56. The van der Waals surface area contributed by atoms with Gasteiger partial charge in [0.15, 0.2) is 0 Å². The van der Waals surface area contributed by atoms with Crippen LogP contribution in [0, 0.1) is 0 Å². The Labute approximate surface area is 135 Å². The zero-order chi connectivity index (χ0) is 18.1. The third-order valence-corrected chi connectivity index (χ3v) is 5.70. The van der Waals surface area contributed by atoms with Crippen molar-refractivity contribution in [2.75, 3.05) is 12.5 Å². The normalized spacial score (nSPS) is 12.5. The number of amides is 1. The monoisotopic (exact) mass is 362 g/mol. The van der Waals surface area contributed by atoms with Gasteiger partial charge in [0.05, 0.1) is 14.6 Å². The molecule has 23 heavy (non-hydrogen) atoms. The molecule has 0 aliphatic heterocycles. The maximum Gasteiger partial charge on any atom is 0.328 e. The van der Waals surface area contributed by atoms with Crippen LogP contribution in [0.1, 0.15) is 24.2 Å². The van der Waals surface area contributed by atoms with Gasteiger partial charge in [0.2, 0.25) is 0 Å². The average molecular weight is 362 g/mol. The van der Waals surface area contributed by atoms with Gasteiger partial charge < -0.3 is 10.4 Å². The van der Waals surface area contributed by atoms with Crippen LogP contribution >= 0.6 is 0 Å². The smallest absolute Gasteiger partial charge is 0.328 e. The second-order valence-electron chi connectivity index (χ2n) is 5.64. The van der Waals surface area contributed by atoms with Crippen LogP contribution in [0.5, 0.6) is 0 Å². The van der Waals surface area contributed by atoms with E-state index in [9.17, 15) is 22.2 Å². The molecule has 0 unspecified atom stereocenters. The minimum Gasteiger partial charge on any atom is -0.480 e. The molecule has 0 saturated heterocycles. The lowest BCUT2D eigenvalue weighted by Crippen LogP contribution is -2.49. The van der Waals surface area contributed by atoms with Crippen molar-refractivity contribution in [3.63, 3.8) is 0 Å². The summed E-state index contributed by atoms with van der Waals surface area (Å²) in [4.78, 5) is 22.8. The number of carboxylic acid groups (broad SMARTS) is 1. The number of benzene rings is 1. The van der Waals surface area contributed by atoms with Crippen LogP contribution in [0.3, 0.4) is 0 Å². The SMILES string of the molecule is CC(C)(NC(=O)c1cccc(S(=O)(=O)N=S(C)(C)=O)c1)C(=O)O. The number of rotatable bonds is 5. The summed E-state index contributed by atoms with van der Waals surface area (Å²) in [6.07, 6.45) is 2.35. The summed E-state index contributed by atoms with van der Waals surface area (Å²) in [5, 5.41) is 11.3. The number of aliphatic carboxylic acids is 1. The van der Waals surface area contributed by atoms with Gasteiger partial charge in [0.25, 0.3) is 15.9 Å². The van der Waals surface area contributed by atoms with Gasteiger partial charge in [-0.3, -0.25) is 4.79 Å². The Morgan fingerprint density at radius 1 is 1.17 bits per heavy atom. The summed E-state index contributed by atoms with van der Waals surface area (Å²) >= 11 is 0. The lowest BCUT2D eigenvalue weighted by Gasteiger charge is -2.21. The number of carboxylic acids is 1. The molecule has 0 heterocycles. The molecule has 0 saturated carbocycles. The van der Waals surface area contributed by atoms with Crippen LogP contribution in [0.2, 0.25) is 0 Å². The molecule has 2 N–H and O–H groups in total. The van der Waals surface area contributed by atoms with E-state index in [2.05, 4.69) is 9.08 Å². The standard InChI is InChI=1S/C13H18N2O6S2/c1-13(2,12(17)18)14-11(16)9-6-5-7-10(8-9)23(20,21)15-22(3,4)19/h5-8H,1-4H3,(H,14,16)(H,17,18). The quantitative estimate of drug-likeness (QED) is 0.793. The van der Waals surface area contributed by atoms with Crippen LogP contribution < -0.4 is 5.32 Å². The molecule has 0 fully saturated rings. The molecular weight excluding hydrogens is 344 g/mol. The number of nitrogens with one attached hydrogen (secondary N) is 1. The zero-order valence-electron chi connectivity index (χ0n) is 13.1. The second kappa shape index (κ2) is 6.28. The lowest BCUT2D eigenvalue weighted by atomic mass is 10.1. The van der Waals surface area contributed by atoms with E-state index in [4.69, 9.17) is 5.11 Å². The third kappa shape index (κ3) is 5.32. The number of carbonyl (C=O) groups excluding carboxylic acids is 1. The fraction of sp³-hybridized carbons (Fsp3) is 0.385. The number of nitrogens with zero attached hydrogens (tertiary/aromatic N) is 1. The van der Waals surface area contributed by atoms with Gasteiger partial charge in [0, 0.05) is 18.1 Å². The van der Waals surface area contributed by atoms with Crippen LogP contribution in [0.15, 0.2) is 32.9 Å². The topological polar surface area (TPSA) is 130 Å². The first kappa shape index (κ1) is 19.1. The minimum absolute atomic E-state index is 0.0469. The molecule has 1 amide bonds. The van der Waals surface area contributed by atoms with Crippen LogP contribution in [0.25, 0.3) is 0 Å².